The summed E-state index contributed by atoms with van der Waals surface area (Å²) in [7, 11) is 0. The third-order valence-corrected chi connectivity index (χ3v) is 7.19. The first-order valence-electron chi connectivity index (χ1n) is 13.6. The largest absolute Gasteiger partial charge is 0.478 e. The second-order valence-electron chi connectivity index (χ2n) is 10.6. The van der Waals surface area contributed by atoms with Crippen LogP contribution < -0.4 is 19.9 Å². The van der Waals surface area contributed by atoms with Crippen LogP contribution in [0.1, 0.15) is 38.7 Å². The number of amides is 2. The summed E-state index contributed by atoms with van der Waals surface area (Å²) in [6, 6.07) is 10.8. The van der Waals surface area contributed by atoms with Gasteiger partial charge in [-0.25, -0.2) is 9.78 Å². The van der Waals surface area contributed by atoms with Crippen LogP contribution in [0.3, 0.4) is 0 Å². The van der Waals surface area contributed by atoms with Crippen molar-refractivity contribution in [3.63, 3.8) is 0 Å². The highest BCUT2D eigenvalue weighted by Gasteiger charge is 2.39. The molecule has 4 heterocycles. The van der Waals surface area contributed by atoms with E-state index < -0.39 is 23.6 Å². The van der Waals surface area contributed by atoms with E-state index in [0.717, 1.165) is 31.5 Å². The Morgan fingerprint density at radius 1 is 1.14 bits per heavy atom. The van der Waals surface area contributed by atoms with E-state index in [1.54, 1.807) is 43.0 Å². The number of fused-ring (bicyclic) bond motifs is 4. The molecule has 0 saturated carbocycles. The molecule has 1 saturated heterocycles. The number of piperidine rings is 1. The SMILES string of the molecule is CC(C)(O)OCCCOc1cccc(NC(=O)N2c3nc(-c4cccc(C(F)(F)F)c4)c(Cl)cc3N3CCCC2C3)n1. The van der Waals surface area contributed by atoms with Crippen LogP contribution in [-0.2, 0) is 10.9 Å². The van der Waals surface area contributed by atoms with Crippen molar-refractivity contribution < 1.29 is 32.5 Å². The number of benzene rings is 1. The second kappa shape index (κ2) is 11.9. The number of pyridine rings is 2. The van der Waals surface area contributed by atoms with Crippen LogP contribution in [0.4, 0.5) is 35.3 Å². The van der Waals surface area contributed by atoms with Crippen molar-refractivity contribution in [3.8, 4) is 17.1 Å². The molecule has 13 heteroatoms. The minimum atomic E-state index is -4.53. The number of aliphatic hydroxyl groups is 1. The van der Waals surface area contributed by atoms with Crippen molar-refractivity contribution in [2.24, 2.45) is 0 Å². The zero-order valence-corrected chi connectivity index (χ0v) is 23.9. The highest BCUT2D eigenvalue weighted by atomic mass is 35.5. The van der Waals surface area contributed by atoms with Gasteiger partial charge in [-0.15, -0.1) is 0 Å². The Balaban J connectivity index is 1.38. The standard InChI is InChI=1S/C29H31ClF3N5O4/c1-28(2,40)42-14-6-13-41-24-11-4-10-23(34-24)35-27(39)38-20-9-5-12-37(17-20)22-16-21(30)25(36-26(22)38)18-7-3-8-19(15-18)29(31,32)33/h3-4,7-8,10-11,15-16,20,40H,5-6,9,12-14,17H2,1-2H3,(H,34,35,39). The van der Waals surface area contributed by atoms with E-state index in [-0.39, 0.29) is 28.1 Å². The van der Waals surface area contributed by atoms with Crippen molar-refractivity contribution in [2.75, 3.05) is 41.4 Å². The molecular formula is C29H31ClF3N5O4. The van der Waals surface area contributed by atoms with Gasteiger partial charge in [0.2, 0.25) is 5.88 Å². The molecule has 2 amide bonds. The number of aromatic nitrogens is 2. The van der Waals surface area contributed by atoms with Crippen LogP contribution in [0.25, 0.3) is 11.3 Å². The van der Waals surface area contributed by atoms with E-state index in [9.17, 15) is 23.1 Å². The van der Waals surface area contributed by atoms with Gasteiger partial charge in [0.15, 0.2) is 11.6 Å². The number of urea groups is 1. The minimum absolute atomic E-state index is 0.155. The zero-order valence-electron chi connectivity index (χ0n) is 23.1. The lowest BCUT2D eigenvalue weighted by atomic mass is 9.99. The molecule has 224 valence electrons. The number of nitrogens with zero attached hydrogens (tertiary/aromatic N) is 4. The van der Waals surface area contributed by atoms with E-state index in [2.05, 4.69) is 20.2 Å². The molecule has 2 bridgehead atoms. The Kier molecular flexibility index (Phi) is 8.49. The third kappa shape index (κ3) is 6.88. The number of halogens is 4. The summed E-state index contributed by atoms with van der Waals surface area (Å²) in [6.07, 6.45) is -2.43. The van der Waals surface area contributed by atoms with Crippen LogP contribution >= 0.6 is 11.6 Å². The first-order valence-corrected chi connectivity index (χ1v) is 14.0. The van der Waals surface area contributed by atoms with Crippen molar-refractivity contribution in [1.82, 2.24) is 9.97 Å². The molecule has 1 unspecified atom stereocenters. The number of alkyl halides is 3. The Bertz CT molecular complexity index is 1450. The molecule has 1 fully saturated rings. The summed E-state index contributed by atoms with van der Waals surface area (Å²) in [5.74, 6) is -0.342. The number of carbonyl (C=O) groups excluding carboxylic acids is 1. The van der Waals surface area contributed by atoms with Crippen molar-refractivity contribution >= 4 is 35.0 Å². The molecule has 3 aromatic rings. The molecular weight excluding hydrogens is 575 g/mol. The predicted molar refractivity (Wildman–Crippen MR) is 153 cm³/mol. The molecule has 2 aromatic heterocycles. The summed E-state index contributed by atoms with van der Waals surface area (Å²) < 4.78 is 51.2. The van der Waals surface area contributed by atoms with Crippen LogP contribution in [0.15, 0.2) is 48.5 Å². The average molecular weight is 606 g/mol. The fourth-order valence-electron chi connectivity index (χ4n) is 5.04. The maximum absolute atomic E-state index is 13.7. The number of rotatable bonds is 8. The first kappa shape index (κ1) is 29.9. The second-order valence-corrected chi connectivity index (χ2v) is 11.0. The molecule has 2 N–H and O–H groups in total. The molecule has 1 aromatic carbocycles. The highest BCUT2D eigenvalue weighted by Crippen LogP contribution is 2.43. The minimum Gasteiger partial charge on any atom is -0.478 e. The summed E-state index contributed by atoms with van der Waals surface area (Å²) in [6.45, 7) is 5.01. The smallest absolute Gasteiger partial charge is 0.416 e. The Labute approximate surface area is 246 Å². The molecule has 9 nitrogen and oxygen atoms in total. The number of hydrogen-bond donors (Lipinski definition) is 2. The Morgan fingerprint density at radius 2 is 1.93 bits per heavy atom. The quantitative estimate of drug-likeness (QED) is 0.228. The number of nitrogens with one attached hydrogen (secondary N) is 1. The molecule has 0 spiro atoms. The normalized spacial score (nSPS) is 16.7. The molecule has 1 atom stereocenters. The Hall–Kier alpha value is -3.61. The van der Waals surface area contributed by atoms with Crippen LogP contribution in [0, 0.1) is 0 Å². The third-order valence-electron chi connectivity index (χ3n) is 6.90. The predicted octanol–water partition coefficient (Wildman–Crippen LogP) is 6.35. The van der Waals surface area contributed by atoms with Crippen molar-refractivity contribution in [2.45, 2.75) is 51.1 Å². The average Bonchev–Trinajstić information content (AvgIpc) is 2.92. The number of ether oxygens (including phenoxy) is 2. The van der Waals surface area contributed by atoms with Gasteiger partial charge >= 0.3 is 12.2 Å². The Morgan fingerprint density at radius 3 is 2.69 bits per heavy atom. The summed E-state index contributed by atoms with van der Waals surface area (Å²) in [4.78, 5) is 26.4. The fourth-order valence-corrected chi connectivity index (χ4v) is 5.29. The number of hydrogen-bond acceptors (Lipinski definition) is 7. The summed E-state index contributed by atoms with van der Waals surface area (Å²) >= 11 is 6.56. The van der Waals surface area contributed by atoms with Crippen LogP contribution in [0.2, 0.25) is 5.02 Å². The van der Waals surface area contributed by atoms with Crippen molar-refractivity contribution in [1.29, 1.82) is 0 Å². The topological polar surface area (TPSA) is 100 Å². The molecule has 5 rings (SSSR count). The zero-order chi connectivity index (χ0) is 30.1. The van der Waals surface area contributed by atoms with Gasteiger partial charge in [-0.05, 0) is 51.0 Å². The van der Waals surface area contributed by atoms with Gasteiger partial charge in [0.25, 0.3) is 0 Å². The van der Waals surface area contributed by atoms with Crippen molar-refractivity contribution in [3.05, 3.63) is 59.1 Å². The van der Waals surface area contributed by atoms with Gasteiger partial charge in [0, 0.05) is 31.1 Å². The van der Waals surface area contributed by atoms with Gasteiger partial charge in [0.05, 0.1) is 41.2 Å². The molecule has 0 aliphatic carbocycles. The summed E-state index contributed by atoms with van der Waals surface area (Å²) in [5.41, 5.74) is 0.176. The van der Waals surface area contributed by atoms with Gasteiger partial charge in [0.1, 0.15) is 5.82 Å². The van der Waals surface area contributed by atoms with E-state index >= 15 is 0 Å². The van der Waals surface area contributed by atoms with Gasteiger partial charge in [-0.3, -0.25) is 10.2 Å². The van der Waals surface area contributed by atoms with E-state index in [1.165, 1.54) is 12.1 Å². The molecule has 2 aliphatic heterocycles. The lowest BCUT2D eigenvalue weighted by molar-refractivity contribution is -0.176. The van der Waals surface area contributed by atoms with Gasteiger partial charge < -0.3 is 19.5 Å². The van der Waals surface area contributed by atoms with Gasteiger partial charge in [-0.1, -0.05) is 29.8 Å². The lowest BCUT2D eigenvalue weighted by Crippen LogP contribution is -2.56. The van der Waals surface area contributed by atoms with E-state index in [4.69, 9.17) is 21.1 Å². The van der Waals surface area contributed by atoms with Crippen LogP contribution in [-0.4, -0.2) is 59.2 Å². The lowest BCUT2D eigenvalue weighted by Gasteiger charge is -2.46. The maximum atomic E-state index is 13.7. The van der Waals surface area contributed by atoms with E-state index in [1.807, 2.05) is 0 Å². The molecule has 0 radical (unpaired) electrons. The van der Waals surface area contributed by atoms with Crippen LogP contribution in [0.5, 0.6) is 5.88 Å². The van der Waals surface area contributed by atoms with Gasteiger partial charge in [-0.2, -0.15) is 18.2 Å². The molecule has 42 heavy (non-hydrogen) atoms. The maximum Gasteiger partial charge on any atom is 0.416 e. The summed E-state index contributed by atoms with van der Waals surface area (Å²) in [5, 5.41) is 12.6. The fraction of sp³-hybridized carbons (Fsp3) is 0.414. The first-order chi connectivity index (χ1) is 19.9. The van der Waals surface area contributed by atoms with E-state index in [0.29, 0.717) is 43.6 Å². The molecule has 2 aliphatic rings. The monoisotopic (exact) mass is 605 g/mol. The number of carbonyl (C=O) groups is 1. The highest BCUT2D eigenvalue weighted by molar-refractivity contribution is 6.33. The number of anilines is 3.